The molecule has 9 heteroatoms. The Balaban J connectivity index is 1.43. The molecule has 1 aromatic carbocycles. The van der Waals surface area contributed by atoms with E-state index in [0.29, 0.717) is 18.1 Å². The van der Waals surface area contributed by atoms with Crippen LogP contribution in [0, 0.1) is 0 Å². The van der Waals surface area contributed by atoms with Crippen molar-refractivity contribution in [1.29, 1.82) is 0 Å². The number of amides is 1. The van der Waals surface area contributed by atoms with E-state index in [1.807, 2.05) is 50.4 Å². The van der Waals surface area contributed by atoms with E-state index in [4.69, 9.17) is 16.3 Å². The molecule has 0 aliphatic carbocycles. The third-order valence-electron chi connectivity index (χ3n) is 6.70. The monoisotopic (exact) mass is 480 g/mol. The molecule has 2 aromatic heterocycles. The number of benzene rings is 1. The fourth-order valence-electron chi connectivity index (χ4n) is 4.66. The van der Waals surface area contributed by atoms with Gasteiger partial charge in [-0.3, -0.25) is 9.47 Å². The predicted octanol–water partition coefficient (Wildman–Crippen LogP) is 4.95. The molecule has 2 aliphatic rings. The lowest BCUT2D eigenvalue weighted by atomic mass is 9.95. The second kappa shape index (κ2) is 9.62. The first-order chi connectivity index (χ1) is 16.5. The molecule has 2 aliphatic heterocycles. The highest BCUT2D eigenvalue weighted by atomic mass is 35.5. The molecule has 4 heterocycles. The number of hydrogen-bond acceptors (Lipinski definition) is 6. The topological polar surface area (TPSA) is 76.4 Å². The number of carbonyl (C=O) groups excluding carboxylic acids is 1. The van der Waals surface area contributed by atoms with Crippen molar-refractivity contribution in [2.75, 3.05) is 18.0 Å². The van der Waals surface area contributed by atoms with Crippen LogP contribution >= 0.6 is 11.6 Å². The van der Waals surface area contributed by atoms with Gasteiger partial charge in [-0.1, -0.05) is 24.6 Å². The van der Waals surface area contributed by atoms with Gasteiger partial charge in [0.25, 0.3) is 0 Å². The molecule has 34 heavy (non-hydrogen) atoms. The minimum atomic E-state index is -0.345. The maximum Gasteiger partial charge on any atom is 0.410 e. The molecule has 0 saturated carbocycles. The number of ether oxygens (including phenoxy) is 1. The lowest BCUT2D eigenvalue weighted by Gasteiger charge is -2.32. The summed E-state index contributed by atoms with van der Waals surface area (Å²) in [5, 5.41) is 9.78. The summed E-state index contributed by atoms with van der Waals surface area (Å²) in [5.41, 5.74) is 1.93. The van der Waals surface area contributed by atoms with E-state index in [1.165, 1.54) is 0 Å². The van der Waals surface area contributed by atoms with E-state index in [0.717, 1.165) is 61.1 Å². The van der Waals surface area contributed by atoms with Gasteiger partial charge >= 0.3 is 6.09 Å². The molecule has 1 atom stereocenters. The van der Waals surface area contributed by atoms with Crippen LogP contribution in [0.1, 0.15) is 56.2 Å². The maximum atomic E-state index is 12.9. The van der Waals surface area contributed by atoms with E-state index in [9.17, 15) is 4.79 Å². The smallest absolute Gasteiger partial charge is 0.410 e. The SMILES string of the molecule is CC[C@H](C)OC(=O)N1Cc2cc(Cl)ccc2-n2c(nnc2C2CCN(c3ccccn3)CC2)C1. The van der Waals surface area contributed by atoms with Crippen LogP contribution in [0.5, 0.6) is 0 Å². The molecule has 1 saturated heterocycles. The first kappa shape index (κ1) is 22.7. The van der Waals surface area contributed by atoms with Gasteiger partial charge in [0.15, 0.2) is 5.82 Å². The van der Waals surface area contributed by atoms with Crippen LogP contribution in [0.3, 0.4) is 0 Å². The summed E-state index contributed by atoms with van der Waals surface area (Å²) < 4.78 is 7.75. The maximum absolute atomic E-state index is 12.9. The zero-order valence-corrected chi connectivity index (χ0v) is 20.3. The Bertz CT molecular complexity index is 1160. The van der Waals surface area contributed by atoms with Crippen LogP contribution < -0.4 is 4.90 Å². The fourth-order valence-corrected chi connectivity index (χ4v) is 4.85. The number of aromatic nitrogens is 4. The van der Waals surface area contributed by atoms with Crippen molar-refractivity contribution in [3.8, 4) is 5.69 Å². The summed E-state index contributed by atoms with van der Waals surface area (Å²) >= 11 is 6.34. The van der Waals surface area contributed by atoms with Crippen molar-refractivity contribution in [3.05, 3.63) is 64.8 Å². The van der Waals surface area contributed by atoms with E-state index in [-0.39, 0.29) is 18.1 Å². The summed E-state index contributed by atoms with van der Waals surface area (Å²) in [6.45, 7) is 6.46. The first-order valence-corrected chi connectivity index (χ1v) is 12.3. The summed E-state index contributed by atoms with van der Waals surface area (Å²) in [5.74, 6) is 2.96. The van der Waals surface area contributed by atoms with Gasteiger partial charge in [0.1, 0.15) is 17.7 Å². The molecule has 178 valence electrons. The summed E-state index contributed by atoms with van der Waals surface area (Å²) in [6.07, 6.45) is 4.02. The van der Waals surface area contributed by atoms with Gasteiger partial charge in [0.05, 0.1) is 18.8 Å². The third-order valence-corrected chi connectivity index (χ3v) is 6.93. The number of hydrogen-bond donors (Lipinski definition) is 0. The van der Waals surface area contributed by atoms with Crippen molar-refractivity contribution in [3.63, 3.8) is 0 Å². The van der Waals surface area contributed by atoms with Crippen LogP contribution in [0.15, 0.2) is 42.6 Å². The minimum absolute atomic E-state index is 0.146. The number of halogens is 1. The van der Waals surface area contributed by atoms with Gasteiger partial charge in [-0.25, -0.2) is 9.78 Å². The van der Waals surface area contributed by atoms with Crippen molar-refractivity contribution in [2.24, 2.45) is 0 Å². The molecule has 5 rings (SSSR count). The summed E-state index contributed by atoms with van der Waals surface area (Å²) in [7, 11) is 0. The van der Waals surface area contributed by atoms with Gasteiger partial charge in [0, 0.05) is 30.2 Å². The van der Waals surface area contributed by atoms with Crippen molar-refractivity contribution in [2.45, 2.75) is 58.2 Å². The number of rotatable bonds is 4. The van der Waals surface area contributed by atoms with Crippen molar-refractivity contribution < 1.29 is 9.53 Å². The van der Waals surface area contributed by atoms with Gasteiger partial charge < -0.3 is 9.64 Å². The Labute approximate surface area is 204 Å². The lowest BCUT2D eigenvalue weighted by molar-refractivity contribution is 0.0637. The molecule has 3 aromatic rings. The predicted molar refractivity (Wildman–Crippen MR) is 130 cm³/mol. The van der Waals surface area contributed by atoms with Gasteiger partial charge in [0.2, 0.25) is 0 Å². The van der Waals surface area contributed by atoms with E-state index in [1.54, 1.807) is 4.90 Å². The number of anilines is 1. The molecule has 8 nitrogen and oxygen atoms in total. The molecule has 0 unspecified atom stereocenters. The van der Waals surface area contributed by atoms with E-state index < -0.39 is 0 Å². The molecule has 0 spiro atoms. The van der Waals surface area contributed by atoms with Crippen LogP contribution in [0.25, 0.3) is 5.69 Å². The highest BCUT2D eigenvalue weighted by molar-refractivity contribution is 6.30. The Hall–Kier alpha value is -3.13. The van der Waals surface area contributed by atoms with E-state index in [2.05, 4.69) is 30.7 Å². The van der Waals surface area contributed by atoms with Crippen LogP contribution in [-0.4, -0.2) is 49.9 Å². The fraction of sp³-hybridized carbons (Fsp3) is 0.440. The molecule has 0 N–H and O–H groups in total. The molecular formula is C25H29ClN6O2. The number of carbonyl (C=O) groups is 1. The molecule has 0 radical (unpaired) electrons. The molecular weight excluding hydrogens is 452 g/mol. The summed E-state index contributed by atoms with van der Waals surface area (Å²) in [4.78, 5) is 21.4. The third kappa shape index (κ3) is 4.46. The van der Waals surface area contributed by atoms with Crippen molar-refractivity contribution in [1.82, 2.24) is 24.6 Å². The second-order valence-electron chi connectivity index (χ2n) is 8.99. The average molecular weight is 481 g/mol. The van der Waals surface area contributed by atoms with Crippen LogP contribution in [-0.2, 0) is 17.8 Å². The Morgan fingerprint density at radius 3 is 2.74 bits per heavy atom. The zero-order valence-electron chi connectivity index (χ0n) is 19.5. The van der Waals surface area contributed by atoms with Crippen molar-refractivity contribution >= 4 is 23.5 Å². The number of pyridine rings is 1. The molecule has 1 fully saturated rings. The summed E-state index contributed by atoms with van der Waals surface area (Å²) in [6, 6.07) is 11.8. The highest BCUT2D eigenvalue weighted by Gasteiger charge is 2.32. The zero-order chi connectivity index (χ0) is 23.7. The quantitative estimate of drug-likeness (QED) is 0.525. The normalized spacial score (nSPS) is 17.0. The Kier molecular flexibility index (Phi) is 6.41. The van der Waals surface area contributed by atoms with Crippen LogP contribution in [0.4, 0.5) is 10.6 Å². The van der Waals surface area contributed by atoms with Gasteiger partial charge in [-0.2, -0.15) is 0 Å². The number of fused-ring (bicyclic) bond motifs is 3. The Morgan fingerprint density at radius 1 is 1.18 bits per heavy atom. The van der Waals surface area contributed by atoms with E-state index >= 15 is 0 Å². The molecule has 1 amide bonds. The largest absolute Gasteiger partial charge is 0.446 e. The Morgan fingerprint density at radius 2 is 2.00 bits per heavy atom. The second-order valence-corrected chi connectivity index (χ2v) is 9.43. The first-order valence-electron chi connectivity index (χ1n) is 11.9. The standard InChI is InChI=1S/C25H29ClN6O2/c1-3-17(2)34-25(33)31-15-19-14-20(26)7-8-21(19)32-23(16-31)28-29-24(32)18-9-12-30(13-10-18)22-6-4-5-11-27-22/h4-8,11,14,17-18H,3,9-10,12-13,15-16H2,1-2H3/t17-/m0/s1. The highest BCUT2D eigenvalue weighted by Crippen LogP contribution is 2.34. The molecule has 0 bridgehead atoms. The van der Waals surface area contributed by atoms with Crippen LogP contribution in [0.2, 0.25) is 5.02 Å². The number of nitrogens with zero attached hydrogens (tertiary/aromatic N) is 6. The minimum Gasteiger partial charge on any atom is -0.446 e. The van der Waals surface area contributed by atoms with Gasteiger partial charge in [-0.05, 0) is 62.1 Å². The van der Waals surface area contributed by atoms with Gasteiger partial charge in [-0.15, -0.1) is 10.2 Å². The lowest BCUT2D eigenvalue weighted by Crippen LogP contribution is -2.34. The average Bonchev–Trinajstić information content (AvgIpc) is 3.20. The number of piperidine rings is 1.